The van der Waals surface area contributed by atoms with E-state index in [-0.39, 0.29) is 12.6 Å². The molecule has 2 heterocycles. The molecule has 0 amide bonds. The van der Waals surface area contributed by atoms with Crippen LogP contribution in [0.15, 0.2) is 12.1 Å². The number of nitrogens with zero attached hydrogens (tertiary/aromatic N) is 2. The van der Waals surface area contributed by atoms with E-state index in [1.165, 1.54) is 12.8 Å². The summed E-state index contributed by atoms with van der Waals surface area (Å²) in [6.45, 7) is 1.83. The summed E-state index contributed by atoms with van der Waals surface area (Å²) in [6.07, 6.45) is 4.60. The number of pyridine rings is 1. The van der Waals surface area contributed by atoms with Crippen molar-refractivity contribution in [1.29, 1.82) is 0 Å². The lowest BCUT2D eigenvalue weighted by atomic mass is 10.1. The lowest BCUT2D eigenvalue weighted by Gasteiger charge is -2.28. The smallest absolute Gasteiger partial charge is 0.129 e. The van der Waals surface area contributed by atoms with Crippen LogP contribution in [0.2, 0.25) is 10.2 Å². The molecule has 1 aliphatic heterocycles. The maximum absolute atomic E-state index is 9.47. The number of aromatic nitrogens is 1. The molecule has 1 aliphatic rings. The SMILES string of the molecule is OCC1CCCCCN1Cc1nc(Cl)ccc1Cl. The molecule has 18 heavy (non-hydrogen) atoms. The van der Waals surface area contributed by atoms with Crippen LogP contribution in [-0.2, 0) is 6.54 Å². The van der Waals surface area contributed by atoms with Gasteiger partial charge in [-0.2, -0.15) is 0 Å². The second kappa shape index (κ2) is 6.71. The number of hydrogen-bond acceptors (Lipinski definition) is 3. The number of halogens is 2. The Bertz CT molecular complexity index is 401. The highest BCUT2D eigenvalue weighted by atomic mass is 35.5. The first-order valence-corrected chi connectivity index (χ1v) is 7.12. The first-order chi connectivity index (χ1) is 8.70. The third-order valence-electron chi connectivity index (χ3n) is 3.45. The van der Waals surface area contributed by atoms with Gasteiger partial charge in [0, 0.05) is 12.6 Å². The normalized spacial score (nSPS) is 21.8. The van der Waals surface area contributed by atoms with Gasteiger partial charge in [0.15, 0.2) is 0 Å². The van der Waals surface area contributed by atoms with Crippen LogP contribution in [-0.4, -0.2) is 34.2 Å². The minimum Gasteiger partial charge on any atom is -0.395 e. The van der Waals surface area contributed by atoms with Crippen LogP contribution in [0.3, 0.4) is 0 Å². The maximum atomic E-state index is 9.47. The van der Waals surface area contributed by atoms with Crippen molar-refractivity contribution in [2.75, 3.05) is 13.2 Å². The maximum Gasteiger partial charge on any atom is 0.129 e. The second-order valence-corrected chi connectivity index (χ2v) is 5.51. The molecule has 5 heteroatoms. The Morgan fingerprint density at radius 1 is 1.28 bits per heavy atom. The quantitative estimate of drug-likeness (QED) is 0.869. The number of hydrogen-bond donors (Lipinski definition) is 1. The summed E-state index contributed by atoms with van der Waals surface area (Å²) in [5.41, 5.74) is 0.796. The molecule has 3 nitrogen and oxygen atoms in total. The summed E-state index contributed by atoms with van der Waals surface area (Å²) in [4.78, 5) is 6.54. The summed E-state index contributed by atoms with van der Waals surface area (Å²) < 4.78 is 0. The third-order valence-corrected chi connectivity index (χ3v) is 4.00. The molecule has 1 fully saturated rings. The first kappa shape index (κ1) is 14.1. The highest BCUT2D eigenvalue weighted by molar-refractivity contribution is 6.32. The molecule has 1 aromatic rings. The van der Waals surface area contributed by atoms with Gasteiger partial charge in [-0.05, 0) is 31.5 Å². The predicted octanol–water partition coefficient (Wildman–Crippen LogP) is 3.13. The van der Waals surface area contributed by atoms with E-state index < -0.39 is 0 Å². The van der Waals surface area contributed by atoms with E-state index in [9.17, 15) is 5.11 Å². The van der Waals surface area contributed by atoms with Crippen LogP contribution < -0.4 is 0 Å². The zero-order valence-corrected chi connectivity index (χ0v) is 11.8. The zero-order chi connectivity index (χ0) is 13.0. The van der Waals surface area contributed by atoms with Crippen LogP contribution in [0.1, 0.15) is 31.4 Å². The summed E-state index contributed by atoms with van der Waals surface area (Å²) in [5.74, 6) is 0. The van der Waals surface area contributed by atoms with Crippen LogP contribution in [0.5, 0.6) is 0 Å². The molecule has 100 valence electrons. The zero-order valence-electron chi connectivity index (χ0n) is 10.3. The largest absolute Gasteiger partial charge is 0.395 e. The van der Waals surface area contributed by atoms with E-state index >= 15 is 0 Å². The predicted molar refractivity (Wildman–Crippen MR) is 74.0 cm³/mol. The Hall–Kier alpha value is -0.350. The molecule has 0 bridgehead atoms. The van der Waals surface area contributed by atoms with Gasteiger partial charge in [0.2, 0.25) is 0 Å². The van der Waals surface area contributed by atoms with E-state index in [2.05, 4.69) is 9.88 Å². The average Bonchev–Trinajstić information content (AvgIpc) is 2.59. The fourth-order valence-corrected chi connectivity index (χ4v) is 2.74. The van der Waals surface area contributed by atoms with E-state index in [0.717, 1.165) is 25.1 Å². The van der Waals surface area contributed by atoms with Gasteiger partial charge < -0.3 is 5.11 Å². The Balaban J connectivity index is 2.12. The van der Waals surface area contributed by atoms with Gasteiger partial charge >= 0.3 is 0 Å². The molecule has 1 aromatic heterocycles. The average molecular weight is 289 g/mol. The van der Waals surface area contributed by atoms with E-state index in [1.54, 1.807) is 12.1 Å². The Labute approximate surface area is 118 Å². The second-order valence-electron chi connectivity index (χ2n) is 4.72. The minimum absolute atomic E-state index is 0.193. The Kier molecular flexibility index (Phi) is 5.25. The lowest BCUT2D eigenvalue weighted by molar-refractivity contribution is 0.117. The summed E-state index contributed by atoms with van der Waals surface area (Å²) >= 11 is 12.0. The molecule has 0 aliphatic carbocycles. The fourth-order valence-electron chi connectivity index (χ4n) is 2.41. The molecule has 0 radical (unpaired) electrons. The fraction of sp³-hybridized carbons (Fsp3) is 0.615. The van der Waals surface area contributed by atoms with Gasteiger partial charge in [-0.1, -0.05) is 36.0 Å². The molecule has 0 saturated carbocycles. The van der Waals surface area contributed by atoms with Crippen molar-refractivity contribution in [1.82, 2.24) is 9.88 Å². The molecule has 1 saturated heterocycles. The van der Waals surface area contributed by atoms with Crippen molar-refractivity contribution >= 4 is 23.2 Å². The molecule has 1 atom stereocenters. The lowest BCUT2D eigenvalue weighted by Crippen LogP contribution is -2.37. The molecular formula is C13H18Cl2N2O. The Morgan fingerprint density at radius 3 is 2.89 bits per heavy atom. The number of likely N-dealkylation sites (tertiary alicyclic amines) is 1. The van der Waals surface area contributed by atoms with Crippen LogP contribution in [0, 0.1) is 0 Å². The molecule has 2 rings (SSSR count). The summed E-state index contributed by atoms with van der Waals surface area (Å²) in [7, 11) is 0. The van der Waals surface area contributed by atoms with E-state index in [1.807, 2.05) is 0 Å². The first-order valence-electron chi connectivity index (χ1n) is 6.36. The van der Waals surface area contributed by atoms with Crippen molar-refractivity contribution in [3.63, 3.8) is 0 Å². The highest BCUT2D eigenvalue weighted by Crippen LogP contribution is 2.23. The molecule has 0 aromatic carbocycles. The van der Waals surface area contributed by atoms with Gasteiger partial charge in [0.05, 0.1) is 17.3 Å². The van der Waals surface area contributed by atoms with Gasteiger partial charge in [-0.3, -0.25) is 4.90 Å². The number of rotatable bonds is 3. The van der Waals surface area contributed by atoms with E-state index in [0.29, 0.717) is 16.7 Å². The Morgan fingerprint density at radius 2 is 2.11 bits per heavy atom. The minimum atomic E-state index is 0.193. The summed E-state index contributed by atoms with van der Waals surface area (Å²) in [5, 5.41) is 10.6. The van der Waals surface area contributed by atoms with Crippen LogP contribution >= 0.6 is 23.2 Å². The van der Waals surface area contributed by atoms with Gasteiger partial charge in [0.25, 0.3) is 0 Å². The topological polar surface area (TPSA) is 36.4 Å². The van der Waals surface area contributed by atoms with Gasteiger partial charge in [-0.25, -0.2) is 4.98 Å². The monoisotopic (exact) mass is 288 g/mol. The molecular weight excluding hydrogens is 271 g/mol. The van der Waals surface area contributed by atoms with Gasteiger partial charge in [0.1, 0.15) is 5.15 Å². The van der Waals surface area contributed by atoms with Crippen molar-refractivity contribution in [3.05, 3.63) is 28.0 Å². The van der Waals surface area contributed by atoms with Gasteiger partial charge in [-0.15, -0.1) is 0 Å². The van der Waals surface area contributed by atoms with Crippen molar-refractivity contribution in [2.24, 2.45) is 0 Å². The standard InChI is InChI=1S/C13H18Cl2N2O/c14-11-5-6-13(15)16-12(11)8-17-7-3-1-2-4-10(17)9-18/h5-6,10,18H,1-4,7-9H2. The number of aliphatic hydroxyl groups excluding tert-OH is 1. The third kappa shape index (κ3) is 3.58. The number of aliphatic hydroxyl groups is 1. The molecule has 0 spiro atoms. The van der Waals surface area contributed by atoms with Crippen molar-refractivity contribution in [2.45, 2.75) is 38.3 Å². The van der Waals surface area contributed by atoms with Crippen molar-refractivity contribution in [3.8, 4) is 0 Å². The van der Waals surface area contributed by atoms with Crippen molar-refractivity contribution < 1.29 is 5.11 Å². The van der Waals surface area contributed by atoms with Crippen LogP contribution in [0.4, 0.5) is 0 Å². The molecule has 1 N–H and O–H groups in total. The highest BCUT2D eigenvalue weighted by Gasteiger charge is 2.21. The summed E-state index contributed by atoms with van der Waals surface area (Å²) in [6, 6.07) is 3.68. The molecule has 1 unspecified atom stereocenters. The van der Waals surface area contributed by atoms with Crippen LogP contribution in [0.25, 0.3) is 0 Å². The van der Waals surface area contributed by atoms with E-state index in [4.69, 9.17) is 23.2 Å².